The number of carbonyl (C=O) groups excluding carboxylic acids is 1. The molecule has 4 rings (SSSR count). The van der Waals surface area contributed by atoms with Gasteiger partial charge in [0, 0.05) is 37.8 Å². The van der Waals surface area contributed by atoms with Crippen LogP contribution in [0.5, 0.6) is 0 Å². The Morgan fingerprint density at radius 1 is 1.34 bits per heavy atom. The number of benzene rings is 1. The van der Waals surface area contributed by atoms with Gasteiger partial charge in [-0.1, -0.05) is 18.5 Å². The number of aromatic nitrogens is 1. The molecule has 1 amide bonds. The number of carboxylic acids is 1. The summed E-state index contributed by atoms with van der Waals surface area (Å²) < 4.78 is 16.7. The number of rotatable bonds is 5. The number of halogens is 2. The molecule has 2 N–H and O–H groups in total. The van der Waals surface area contributed by atoms with E-state index in [-0.39, 0.29) is 34.1 Å². The molecule has 1 unspecified atom stereocenters. The highest BCUT2D eigenvalue weighted by Gasteiger charge is 2.32. The minimum atomic E-state index is -1.35. The Morgan fingerprint density at radius 2 is 2.07 bits per heavy atom. The van der Waals surface area contributed by atoms with E-state index in [0.717, 1.165) is 18.9 Å². The minimum Gasteiger partial charge on any atom is -0.477 e. The number of amides is 1. The number of aromatic carboxylic acids is 1. The van der Waals surface area contributed by atoms with Gasteiger partial charge in [-0.2, -0.15) is 0 Å². The van der Waals surface area contributed by atoms with Crippen LogP contribution in [-0.2, 0) is 4.79 Å². The van der Waals surface area contributed by atoms with Crippen molar-refractivity contribution in [3.8, 4) is 0 Å². The fourth-order valence-electron chi connectivity index (χ4n) is 3.93. The zero-order valence-corrected chi connectivity index (χ0v) is 16.6. The molecule has 1 aromatic heterocycles. The summed E-state index contributed by atoms with van der Waals surface area (Å²) in [4.78, 5) is 37.5. The Bertz CT molecular complexity index is 1080. The lowest BCUT2D eigenvalue weighted by Gasteiger charge is -2.23. The number of nitrogens with zero attached hydrogens (tertiary/aromatic N) is 2. The van der Waals surface area contributed by atoms with Crippen LogP contribution in [0, 0.1) is 5.82 Å². The van der Waals surface area contributed by atoms with E-state index in [1.165, 1.54) is 6.20 Å². The van der Waals surface area contributed by atoms with Gasteiger partial charge >= 0.3 is 5.97 Å². The molecule has 1 aliphatic carbocycles. The quantitative estimate of drug-likeness (QED) is 0.774. The number of pyridine rings is 1. The maximum absolute atomic E-state index is 15.0. The Hall–Kier alpha value is -2.61. The van der Waals surface area contributed by atoms with Crippen molar-refractivity contribution in [2.45, 2.75) is 44.7 Å². The van der Waals surface area contributed by atoms with Gasteiger partial charge in [-0.25, -0.2) is 9.18 Å². The van der Waals surface area contributed by atoms with Crippen LogP contribution in [0.3, 0.4) is 0 Å². The second kappa shape index (κ2) is 7.33. The summed E-state index contributed by atoms with van der Waals surface area (Å²) in [5, 5.41) is 12.3. The van der Waals surface area contributed by atoms with Crippen LogP contribution >= 0.6 is 11.6 Å². The SMILES string of the molecule is CCC(=O)NC1CCN(c2c(F)cc3c(=O)c(C(=O)O)cn(C4CC4)c3c2Cl)C1. The third-order valence-electron chi connectivity index (χ3n) is 5.55. The van der Waals surface area contributed by atoms with Crippen LogP contribution in [-0.4, -0.2) is 40.7 Å². The maximum atomic E-state index is 15.0. The number of hydrogen-bond donors (Lipinski definition) is 2. The first kappa shape index (κ1) is 19.7. The average molecular weight is 422 g/mol. The van der Waals surface area contributed by atoms with E-state index < -0.39 is 22.8 Å². The molecule has 2 fully saturated rings. The van der Waals surface area contributed by atoms with Crippen molar-refractivity contribution in [2.75, 3.05) is 18.0 Å². The smallest absolute Gasteiger partial charge is 0.341 e. The van der Waals surface area contributed by atoms with Gasteiger partial charge in [0.25, 0.3) is 0 Å². The summed E-state index contributed by atoms with van der Waals surface area (Å²) in [7, 11) is 0. The maximum Gasteiger partial charge on any atom is 0.341 e. The molecule has 7 nitrogen and oxygen atoms in total. The van der Waals surface area contributed by atoms with Crippen molar-refractivity contribution in [3.63, 3.8) is 0 Å². The molecule has 2 heterocycles. The average Bonchev–Trinajstić information content (AvgIpc) is 3.42. The highest BCUT2D eigenvalue weighted by atomic mass is 35.5. The van der Waals surface area contributed by atoms with E-state index in [0.29, 0.717) is 31.4 Å². The lowest BCUT2D eigenvalue weighted by atomic mass is 10.1. The topological polar surface area (TPSA) is 91.6 Å². The second-order valence-electron chi connectivity index (χ2n) is 7.59. The van der Waals surface area contributed by atoms with Crippen LogP contribution in [0.25, 0.3) is 10.9 Å². The largest absolute Gasteiger partial charge is 0.477 e. The number of anilines is 1. The van der Waals surface area contributed by atoms with Gasteiger partial charge in [0.2, 0.25) is 11.3 Å². The van der Waals surface area contributed by atoms with E-state index in [4.69, 9.17) is 11.6 Å². The molecule has 0 spiro atoms. The van der Waals surface area contributed by atoms with Crippen LogP contribution in [0.2, 0.25) is 5.02 Å². The van der Waals surface area contributed by atoms with E-state index in [2.05, 4.69) is 5.32 Å². The van der Waals surface area contributed by atoms with Crippen molar-refractivity contribution in [3.05, 3.63) is 38.9 Å². The first-order valence-electron chi connectivity index (χ1n) is 9.66. The van der Waals surface area contributed by atoms with Crippen molar-refractivity contribution >= 4 is 40.1 Å². The summed E-state index contributed by atoms with van der Waals surface area (Å²) in [5.74, 6) is -2.08. The van der Waals surface area contributed by atoms with Gasteiger partial charge in [0.05, 0.1) is 21.6 Å². The van der Waals surface area contributed by atoms with Crippen molar-refractivity contribution < 1.29 is 19.1 Å². The first-order chi connectivity index (χ1) is 13.8. The first-order valence-corrected chi connectivity index (χ1v) is 10.0. The van der Waals surface area contributed by atoms with Gasteiger partial charge in [-0.15, -0.1) is 0 Å². The van der Waals surface area contributed by atoms with Crippen molar-refractivity contribution in [2.24, 2.45) is 0 Å². The molecule has 154 valence electrons. The second-order valence-corrected chi connectivity index (χ2v) is 7.96. The summed E-state index contributed by atoms with van der Waals surface area (Å²) in [6, 6.07) is 1.03. The molecular formula is C20H21ClFN3O4. The fourth-order valence-corrected chi connectivity index (χ4v) is 4.33. The molecule has 1 saturated carbocycles. The fraction of sp³-hybridized carbons (Fsp3) is 0.450. The number of carbonyl (C=O) groups is 2. The van der Waals surface area contributed by atoms with Gasteiger partial charge in [0.15, 0.2) is 0 Å². The summed E-state index contributed by atoms with van der Waals surface area (Å²) in [6.45, 7) is 2.69. The zero-order valence-electron chi connectivity index (χ0n) is 15.9. The third kappa shape index (κ3) is 3.46. The minimum absolute atomic E-state index is 0.0296. The highest BCUT2D eigenvalue weighted by molar-refractivity contribution is 6.38. The zero-order chi connectivity index (χ0) is 20.9. The number of fused-ring (bicyclic) bond motifs is 1. The van der Waals surface area contributed by atoms with Gasteiger partial charge < -0.3 is 19.9 Å². The molecule has 1 saturated heterocycles. The summed E-state index contributed by atoms with van der Waals surface area (Å²) in [6.07, 6.45) is 4.03. The Kier molecular flexibility index (Phi) is 4.98. The van der Waals surface area contributed by atoms with E-state index >= 15 is 4.39 Å². The lowest BCUT2D eigenvalue weighted by molar-refractivity contribution is -0.121. The van der Waals surface area contributed by atoms with E-state index in [1.54, 1.807) is 16.4 Å². The molecular weight excluding hydrogens is 401 g/mol. The van der Waals surface area contributed by atoms with Crippen molar-refractivity contribution in [1.82, 2.24) is 9.88 Å². The number of carboxylic acid groups (broad SMARTS) is 1. The molecule has 2 aromatic rings. The Morgan fingerprint density at radius 3 is 2.69 bits per heavy atom. The van der Waals surface area contributed by atoms with Gasteiger partial charge in [-0.3, -0.25) is 9.59 Å². The molecule has 1 atom stereocenters. The van der Waals surface area contributed by atoms with E-state index in [1.807, 2.05) is 0 Å². The summed E-state index contributed by atoms with van der Waals surface area (Å²) in [5.41, 5.74) is -0.590. The molecule has 29 heavy (non-hydrogen) atoms. The van der Waals surface area contributed by atoms with Crippen molar-refractivity contribution in [1.29, 1.82) is 0 Å². The van der Waals surface area contributed by atoms with Crippen LogP contribution in [0.15, 0.2) is 17.1 Å². The molecule has 0 bridgehead atoms. The van der Waals surface area contributed by atoms with Gasteiger partial charge in [-0.05, 0) is 25.3 Å². The Balaban J connectivity index is 1.82. The van der Waals surface area contributed by atoms with Crippen LogP contribution < -0.4 is 15.6 Å². The van der Waals surface area contributed by atoms with Crippen LogP contribution in [0.4, 0.5) is 10.1 Å². The van der Waals surface area contributed by atoms with Crippen LogP contribution in [0.1, 0.15) is 49.0 Å². The molecule has 2 aliphatic rings. The number of hydrogen-bond acceptors (Lipinski definition) is 4. The summed E-state index contributed by atoms with van der Waals surface area (Å²) >= 11 is 6.61. The standard InChI is InChI=1S/C20H21ClFN3O4/c1-2-15(26)23-10-5-6-24(8-10)18-14(22)7-12-17(16(18)21)25(11-3-4-11)9-13(19(12)27)20(28)29/h7,9-11H,2-6,8H2,1H3,(H,23,26)(H,28,29). The third-order valence-corrected chi connectivity index (χ3v) is 5.90. The Labute approximate surface area is 171 Å². The predicted octanol–water partition coefficient (Wildman–Crippen LogP) is 2.93. The molecule has 1 aliphatic heterocycles. The molecule has 0 radical (unpaired) electrons. The predicted molar refractivity (Wildman–Crippen MR) is 107 cm³/mol. The highest BCUT2D eigenvalue weighted by Crippen LogP contribution is 2.42. The van der Waals surface area contributed by atoms with E-state index in [9.17, 15) is 19.5 Å². The monoisotopic (exact) mass is 421 g/mol. The lowest BCUT2D eigenvalue weighted by Crippen LogP contribution is -2.36. The molecule has 1 aromatic carbocycles. The van der Waals surface area contributed by atoms with Gasteiger partial charge in [0.1, 0.15) is 11.4 Å². The normalized spacial score (nSPS) is 19.0. The molecule has 9 heteroatoms. The number of nitrogens with one attached hydrogen (secondary N) is 1.